The third-order valence-corrected chi connectivity index (χ3v) is 4.86. The summed E-state index contributed by atoms with van der Waals surface area (Å²) in [4.78, 5) is 0. The van der Waals surface area contributed by atoms with E-state index in [2.05, 4.69) is 0 Å². The van der Waals surface area contributed by atoms with Crippen LogP contribution < -0.4 is 9.47 Å². The van der Waals surface area contributed by atoms with Crippen molar-refractivity contribution in [2.75, 3.05) is 39.6 Å². The number of para-hydroxylation sites is 2. The fourth-order valence-corrected chi connectivity index (χ4v) is 3.11. The van der Waals surface area contributed by atoms with E-state index in [0.717, 1.165) is 0 Å². The number of halogens is 2. The first-order valence-electron chi connectivity index (χ1n) is 7.01. The van der Waals surface area contributed by atoms with Crippen LogP contribution in [-0.4, -0.2) is 44.0 Å². The zero-order valence-corrected chi connectivity index (χ0v) is 13.2. The van der Waals surface area contributed by atoms with Gasteiger partial charge in [0.15, 0.2) is 11.5 Å². The predicted octanol–water partition coefficient (Wildman–Crippen LogP) is 3.06. The summed E-state index contributed by atoms with van der Waals surface area (Å²) in [6.45, 7) is 2.81. The molecular weight excluding hydrogens is 315 g/mol. The maximum Gasteiger partial charge on any atom is 0.161 e. The topological polar surface area (TPSA) is 36.9 Å². The summed E-state index contributed by atoms with van der Waals surface area (Å²) in [6.07, 6.45) is 0.686. The van der Waals surface area contributed by atoms with Crippen LogP contribution in [-0.2, 0) is 9.47 Å². The molecule has 1 spiro atoms. The van der Waals surface area contributed by atoms with Gasteiger partial charge in [0.2, 0.25) is 0 Å². The van der Waals surface area contributed by atoms with Gasteiger partial charge in [0.25, 0.3) is 0 Å². The molecule has 4 nitrogen and oxygen atoms in total. The summed E-state index contributed by atoms with van der Waals surface area (Å²) in [7, 11) is 0. The second-order valence-electron chi connectivity index (χ2n) is 5.41. The predicted molar refractivity (Wildman–Crippen MR) is 80.6 cm³/mol. The van der Waals surface area contributed by atoms with Gasteiger partial charge < -0.3 is 18.9 Å². The van der Waals surface area contributed by atoms with Gasteiger partial charge in [-0.15, -0.1) is 23.2 Å². The molecule has 0 aromatic heterocycles. The maximum absolute atomic E-state index is 6.22. The third-order valence-electron chi connectivity index (χ3n) is 3.79. The highest BCUT2D eigenvalue weighted by Gasteiger charge is 2.66. The van der Waals surface area contributed by atoms with Gasteiger partial charge in [-0.2, -0.15) is 0 Å². The Labute approximate surface area is 134 Å². The zero-order chi connectivity index (χ0) is 14.8. The Bertz CT molecular complexity index is 459. The third kappa shape index (κ3) is 3.39. The standard InChI is InChI=1S/C15H18Cl2O4/c16-15(17)9-14(15)10-18-5-7-20-12-3-1-2-4-13(12)21-8-6-19-11-14/h1-4H,5-11H2. The molecule has 3 rings (SSSR count). The fraction of sp³-hybridized carbons (Fsp3) is 0.600. The first kappa shape index (κ1) is 15.2. The lowest BCUT2D eigenvalue weighted by Gasteiger charge is -2.18. The van der Waals surface area contributed by atoms with E-state index in [1.54, 1.807) is 0 Å². The van der Waals surface area contributed by atoms with E-state index >= 15 is 0 Å². The first-order chi connectivity index (χ1) is 10.1. The molecule has 1 aromatic rings. The van der Waals surface area contributed by atoms with Crippen LogP contribution in [0.3, 0.4) is 0 Å². The quantitative estimate of drug-likeness (QED) is 0.684. The van der Waals surface area contributed by atoms with Gasteiger partial charge in [0.05, 0.1) is 31.8 Å². The van der Waals surface area contributed by atoms with Crippen molar-refractivity contribution in [2.45, 2.75) is 10.8 Å². The van der Waals surface area contributed by atoms with Crippen molar-refractivity contribution in [3.05, 3.63) is 24.3 Å². The molecular formula is C15H18Cl2O4. The lowest BCUT2D eigenvalue weighted by molar-refractivity contribution is 0.0139. The average molecular weight is 333 g/mol. The summed E-state index contributed by atoms with van der Waals surface area (Å²) in [5.41, 5.74) is -0.309. The average Bonchev–Trinajstić information content (AvgIpc) is 3.00. The molecule has 0 N–H and O–H groups in total. The Balaban J connectivity index is 1.63. The van der Waals surface area contributed by atoms with Crippen molar-refractivity contribution < 1.29 is 18.9 Å². The number of hydrogen-bond acceptors (Lipinski definition) is 4. The molecule has 1 saturated carbocycles. The Morgan fingerprint density at radius 2 is 1.29 bits per heavy atom. The van der Waals surface area contributed by atoms with E-state index in [0.29, 0.717) is 57.6 Å². The summed E-state index contributed by atoms with van der Waals surface area (Å²) in [5.74, 6) is 1.43. The van der Waals surface area contributed by atoms with Gasteiger partial charge in [0, 0.05) is 0 Å². The second kappa shape index (κ2) is 6.21. The van der Waals surface area contributed by atoms with Crippen LogP contribution in [0, 0.1) is 5.41 Å². The van der Waals surface area contributed by atoms with Gasteiger partial charge in [-0.3, -0.25) is 0 Å². The molecule has 2 aliphatic rings. The number of fused-ring (bicyclic) bond motifs is 1. The van der Waals surface area contributed by atoms with Gasteiger partial charge in [-0.05, 0) is 18.6 Å². The van der Waals surface area contributed by atoms with Crippen LogP contribution in [0.15, 0.2) is 24.3 Å². The molecule has 1 heterocycles. The molecule has 0 atom stereocenters. The van der Waals surface area contributed by atoms with E-state index in [1.807, 2.05) is 24.3 Å². The van der Waals surface area contributed by atoms with Crippen LogP contribution in [0.1, 0.15) is 6.42 Å². The normalized spacial score (nSPS) is 24.5. The minimum atomic E-state index is -0.752. The molecule has 0 saturated heterocycles. The van der Waals surface area contributed by atoms with Crippen LogP contribution >= 0.6 is 23.2 Å². The SMILES string of the molecule is ClC1(Cl)CC12COCCOc1ccccc1OCCOC2. The van der Waals surface area contributed by atoms with Crippen LogP contribution in [0.5, 0.6) is 11.5 Å². The molecule has 116 valence electrons. The fourth-order valence-electron chi connectivity index (χ4n) is 2.38. The van der Waals surface area contributed by atoms with Crippen molar-refractivity contribution in [1.82, 2.24) is 0 Å². The lowest BCUT2D eigenvalue weighted by Crippen LogP contribution is -2.25. The van der Waals surface area contributed by atoms with Gasteiger partial charge >= 0.3 is 0 Å². The van der Waals surface area contributed by atoms with Crippen LogP contribution in [0.4, 0.5) is 0 Å². The molecule has 21 heavy (non-hydrogen) atoms. The van der Waals surface area contributed by atoms with Crippen LogP contribution in [0.2, 0.25) is 0 Å². The van der Waals surface area contributed by atoms with Crippen molar-refractivity contribution in [3.8, 4) is 11.5 Å². The highest BCUT2D eigenvalue weighted by molar-refractivity contribution is 6.51. The Hall–Kier alpha value is -0.680. The largest absolute Gasteiger partial charge is 0.487 e. The minimum Gasteiger partial charge on any atom is -0.487 e. The maximum atomic E-state index is 6.22. The molecule has 0 bridgehead atoms. The minimum absolute atomic E-state index is 0.309. The van der Waals surface area contributed by atoms with Crippen molar-refractivity contribution in [1.29, 1.82) is 0 Å². The van der Waals surface area contributed by atoms with Gasteiger partial charge in [0.1, 0.15) is 17.5 Å². The Morgan fingerprint density at radius 1 is 0.810 bits per heavy atom. The van der Waals surface area contributed by atoms with E-state index < -0.39 is 4.33 Å². The summed E-state index contributed by atoms with van der Waals surface area (Å²) >= 11 is 12.4. The molecule has 1 aliphatic heterocycles. The molecule has 6 heteroatoms. The number of rotatable bonds is 0. The van der Waals surface area contributed by atoms with E-state index in [4.69, 9.17) is 42.1 Å². The van der Waals surface area contributed by atoms with Gasteiger partial charge in [-0.1, -0.05) is 12.1 Å². The molecule has 0 unspecified atom stereocenters. The van der Waals surface area contributed by atoms with Crippen molar-refractivity contribution in [3.63, 3.8) is 0 Å². The highest BCUT2D eigenvalue weighted by Crippen LogP contribution is 2.64. The monoisotopic (exact) mass is 332 g/mol. The van der Waals surface area contributed by atoms with Crippen molar-refractivity contribution in [2.24, 2.45) is 5.41 Å². The van der Waals surface area contributed by atoms with Crippen LogP contribution in [0.25, 0.3) is 0 Å². The molecule has 0 amide bonds. The van der Waals surface area contributed by atoms with E-state index in [1.165, 1.54) is 0 Å². The molecule has 1 aromatic carbocycles. The summed E-state index contributed by atoms with van der Waals surface area (Å²) in [6, 6.07) is 7.57. The van der Waals surface area contributed by atoms with Gasteiger partial charge in [-0.25, -0.2) is 0 Å². The Morgan fingerprint density at radius 3 is 1.71 bits per heavy atom. The van der Waals surface area contributed by atoms with E-state index in [9.17, 15) is 0 Å². The highest BCUT2D eigenvalue weighted by atomic mass is 35.5. The number of benzene rings is 1. The second-order valence-corrected chi connectivity index (χ2v) is 6.89. The smallest absolute Gasteiger partial charge is 0.161 e. The van der Waals surface area contributed by atoms with E-state index in [-0.39, 0.29) is 5.41 Å². The number of ether oxygens (including phenoxy) is 4. The number of hydrogen-bond donors (Lipinski definition) is 0. The summed E-state index contributed by atoms with van der Waals surface area (Å²) in [5, 5.41) is 0. The zero-order valence-electron chi connectivity index (χ0n) is 11.6. The summed E-state index contributed by atoms with van der Waals surface area (Å²) < 4.78 is 21.9. The Kier molecular flexibility index (Phi) is 4.50. The number of alkyl halides is 2. The first-order valence-corrected chi connectivity index (χ1v) is 7.77. The molecule has 0 radical (unpaired) electrons. The lowest BCUT2D eigenvalue weighted by atomic mass is 10.1. The van der Waals surface area contributed by atoms with Crippen molar-refractivity contribution >= 4 is 23.2 Å². The molecule has 1 fully saturated rings. The molecule has 1 aliphatic carbocycles.